The molecule has 2 aromatic carbocycles. The summed E-state index contributed by atoms with van der Waals surface area (Å²) in [5.41, 5.74) is 1.44. The van der Waals surface area contributed by atoms with Crippen LogP contribution in [-0.4, -0.2) is 17.0 Å². The van der Waals surface area contributed by atoms with E-state index in [1.165, 1.54) is 6.07 Å². The smallest absolute Gasteiger partial charge is 0.256 e. The molecule has 0 aliphatic heterocycles. The summed E-state index contributed by atoms with van der Waals surface area (Å²) in [6.45, 7) is 1.73. The third-order valence-electron chi connectivity index (χ3n) is 3.29. The molecule has 1 aromatic heterocycles. The zero-order chi connectivity index (χ0) is 16.9. The van der Waals surface area contributed by atoms with Gasteiger partial charge >= 0.3 is 0 Å². The summed E-state index contributed by atoms with van der Waals surface area (Å²) in [5, 5.41) is 9.11. The lowest BCUT2D eigenvalue weighted by Crippen LogP contribution is -2.15. The SMILES string of the molecule is Cc1cc(NC(=O)c2cccc(C(=O)Nc3ccccc3)c2)no1. The van der Waals surface area contributed by atoms with E-state index in [0.29, 0.717) is 28.4 Å². The van der Waals surface area contributed by atoms with Crippen LogP contribution in [0.25, 0.3) is 0 Å². The number of nitrogens with one attached hydrogen (secondary N) is 2. The lowest BCUT2D eigenvalue weighted by molar-refractivity contribution is 0.102. The molecule has 0 spiro atoms. The fraction of sp³-hybridized carbons (Fsp3) is 0.0556. The van der Waals surface area contributed by atoms with Crippen LogP contribution in [0.3, 0.4) is 0 Å². The van der Waals surface area contributed by atoms with E-state index in [1.54, 1.807) is 43.3 Å². The van der Waals surface area contributed by atoms with Gasteiger partial charge < -0.3 is 15.2 Å². The van der Waals surface area contributed by atoms with Crippen LogP contribution in [0.4, 0.5) is 11.5 Å². The van der Waals surface area contributed by atoms with Crippen molar-refractivity contribution in [1.82, 2.24) is 5.16 Å². The fourth-order valence-electron chi connectivity index (χ4n) is 2.14. The van der Waals surface area contributed by atoms with E-state index in [9.17, 15) is 9.59 Å². The third kappa shape index (κ3) is 3.67. The average molecular weight is 321 g/mol. The summed E-state index contributed by atoms with van der Waals surface area (Å²) in [4.78, 5) is 24.5. The Balaban J connectivity index is 1.73. The fourth-order valence-corrected chi connectivity index (χ4v) is 2.14. The molecule has 24 heavy (non-hydrogen) atoms. The van der Waals surface area contributed by atoms with Crippen LogP contribution < -0.4 is 10.6 Å². The number of aryl methyl sites for hydroxylation is 1. The maximum absolute atomic E-state index is 12.3. The number of aromatic nitrogens is 1. The molecular weight excluding hydrogens is 306 g/mol. The van der Waals surface area contributed by atoms with Crippen molar-refractivity contribution in [3.63, 3.8) is 0 Å². The number of carbonyl (C=O) groups is 2. The maximum Gasteiger partial charge on any atom is 0.256 e. The van der Waals surface area contributed by atoms with Crippen LogP contribution in [0, 0.1) is 6.92 Å². The van der Waals surface area contributed by atoms with Gasteiger partial charge in [0.25, 0.3) is 11.8 Å². The van der Waals surface area contributed by atoms with Gasteiger partial charge in [-0.3, -0.25) is 9.59 Å². The van der Waals surface area contributed by atoms with Gasteiger partial charge in [-0.2, -0.15) is 0 Å². The second-order valence-corrected chi connectivity index (χ2v) is 5.18. The highest BCUT2D eigenvalue weighted by atomic mass is 16.5. The van der Waals surface area contributed by atoms with Crippen molar-refractivity contribution < 1.29 is 14.1 Å². The summed E-state index contributed by atoms with van der Waals surface area (Å²) >= 11 is 0. The van der Waals surface area contributed by atoms with Crippen molar-refractivity contribution in [2.45, 2.75) is 6.92 Å². The molecule has 0 saturated carbocycles. The number of hydrogen-bond donors (Lipinski definition) is 2. The number of benzene rings is 2. The Bertz CT molecular complexity index is 872. The van der Waals surface area contributed by atoms with Crippen LogP contribution in [0.1, 0.15) is 26.5 Å². The molecule has 0 radical (unpaired) electrons. The molecule has 120 valence electrons. The minimum atomic E-state index is -0.363. The molecular formula is C18H15N3O3. The minimum absolute atomic E-state index is 0.284. The molecule has 0 bridgehead atoms. The Hall–Kier alpha value is -3.41. The second kappa shape index (κ2) is 6.78. The Morgan fingerprint density at radius 1 is 0.875 bits per heavy atom. The third-order valence-corrected chi connectivity index (χ3v) is 3.29. The number of anilines is 2. The van der Waals surface area contributed by atoms with E-state index < -0.39 is 0 Å². The molecule has 0 fully saturated rings. The molecule has 0 atom stereocenters. The predicted molar refractivity (Wildman–Crippen MR) is 90.0 cm³/mol. The van der Waals surface area contributed by atoms with E-state index in [-0.39, 0.29) is 11.8 Å². The van der Waals surface area contributed by atoms with Gasteiger partial charge in [-0.25, -0.2) is 0 Å². The highest BCUT2D eigenvalue weighted by Gasteiger charge is 2.12. The zero-order valence-corrected chi connectivity index (χ0v) is 12.9. The largest absolute Gasteiger partial charge is 0.360 e. The summed E-state index contributed by atoms with van der Waals surface area (Å²) < 4.78 is 4.90. The first-order valence-corrected chi connectivity index (χ1v) is 7.33. The normalized spacial score (nSPS) is 10.2. The Morgan fingerprint density at radius 2 is 1.54 bits per heavy atom. The molecule has 0 aliphatic carbocycles. The van der Waals surface area contributed by atoms with E-state index >= 15 is 0 Å². The Morgan fingerprint density at radius 3 is 2.17 bits per heavy atom. The Labute approximate surface area is 138 Å². The van der Waals surface area contributed by atoms with Gasteiger partial charge in [0.05, 0.1) is 0 Å². The van der Waals surface area contributed by atoms with Gasteiger partial charge in [0.15, 0.2) is 5.82 Å². The second-order valence-electron chi connectivity index (χ2n) is 5.18. The highest BCUT2D eigenvalue weighted by Crippen LogP contribution is 2.13. The van der Waals surface area contributed by atoms with E-state index in [4.69, 9.17) is 4.52 Å². The highest BCUT2D eigenvalue weighted by molar-refractivity contribution is 6.08. The molecule has 0 aliphatic rings. The topological polar surface area (TPSA) is 84.2 Å². The number of nitrogens with zero attached hydrogens (tertiary/aromatic N) is 1. The molecule has 3 rings (SSSR count). The van der Waals surface area contributed by atoms with Gasteiger partial charge in [0.1, 0.15) is 5.76 Å². The van der Waals surface area contributed by atoms with Crippen molar-refractivity contribution in [3.05, 3.63) is 77.6 Å². The molecule has 6 nitrogen and oxygen atoms in total. The van der Waals surface area contributed by atoms with Crippen LogP contribution in [0.5, 0.6) is 0 Å². The number of para-hydroxylation sites is 1. The van der Waals surface area contributed by atoms with Crippen LogP contribution >= 0.6 is 0 Å². The van der Waals surface area contributed by atoms with Crippen molar-refractivity contribution >= 4 is 23.3 Å². The molecule has 3 aromatic rings. The first-order valence-electron chi connectivity index (χ1n) is 7.33. The first-order chi connectivity index (χ1) is 11.6. The summed E-state index contributed by atoms with van der Waals surface area (Å²) in [7, 11) is 0. The number of amides is 2. The number of carbonyl (C=O) groups excluding carboxylic acids is 2. The summed E-state index contributed by atoms with van der Waals surface area (Å²) in [5.74, 6) is 0.281. The van der Waals surface area contributed by atoms with Crippen molar-refractivity contribution in [3.8, 4) is 0 Å². The summed E-state index contributed by atoms with van der Waals surface area (Å²) in [6, 6.07) is 17.2. The van der Waals surface area contributed by atoms with Gasteiger partial charge in [-0.15, -0.1) is 0 Å². The van der Waals surface area contributed by atoms with Gasteiger partial charge in [0.2, 0.25) is 0 Å². The molecule has 1 heterocycles. The quantitative estimate of drug-likeness (QED) is 0.770. The number of rotatable bonds is 4. The van der Waals surface area contributed by atoms with E-state index in [0.717, 1.165) is 0 Å². The van der Waals surface area contributed by atoms with Crippen molar-refractivity contribution in [2.24, 2.45) is 0 Å². The van der Waals surface area contributed by atoms with Crippen molar-refractivity contribution in [2.75, 3.05) is 10.6 Å². The zero-order valence-electron chi connectivity index (χ0n) is 12.9. The van der Waals surface area contributed by atoms with Gasteiger partial charge in [-0.1, -0.05) is 29.4 Å². The predicted octanol–water partition coefficient (Wildman–Crippen LogP) is 3.49. The van der Waals surface area contributed by atoms with Crippen LogP contribution in [0.15, 0.2) is 65.2 Å². The van der Waals surface area contributed by atoms with Crippen LogP contribution in [0.2, 0.25) is 0 Å². The standard InChI is InChI=1S/C18H15N3O3/c1-12-10-16(21-24-12)20-18(23)14-7-5-6-13(11-14)17(22)19-15-8-3-2-4-9-15/h2-11H,1H3,(H,19,22)(H,20,21,23). The lowest BCUT2D eigenvalue weighted by atomic mass is 10.1. The molecule has 2 N–H and O–H groups in total. The monoisotopic (exact) mass is 321 g/mol. The average Bonchev–Trinajstić information content (AvgIpc) is 3.00. The van der Waals surface area contributed by atoms with E-state index in [2.05, 4.69) is 15.8 Å². The molecule has 0 saturated heterocycles. The van der Waals surface area contributed by atoms with E-state index in [1.807, 2.05) is 18.2 Å². The first kappa shape index (κ1) is 15.5. The van der Waals surface area contributed by atoms with Crippen molar-refractivity contribution in [1.29, 1.82) is 0 Å². The van der Waals surface area contributed by atoms with Gasteiger partial charge in [0, 0.05) is 22.9 Å². The Kier molecular flexibility index (Phi) is 4.38. The molecule has 6 heteroatoms. The maximum atomic E-state index is 12.3. The summed E-state index contributed by atoms with van der Waals surface area (Å²) in [6.07, 6.45) is 0. The minimum Gasteiger partial charge on any atom is -0.360 e. The number of hydrogen-bond acceptors (Lipinski definition) is 4. The molecule has 2 amide bonds. The molecule has 0 unspecified atom stereocenters. The van der Waals surface area contributed by atoms with Gasteiger partial charge in [-0.05, 0) is 37.3 Å². The lowest BCUT2D eigenvalue weighted by Gasteiger charge is -2.07. The van der Waals surface area contributed by atoms with Crippen LogP contribution in [-0.2, 0) is 0 Å².